The smallest absolute Gasteiger partial charge is 0.255 e. The van der Waals surface area contributed by atoms with E-state index in [4.69, 9.17) is 0 Å². The molecule has 8 nitrogen and oxygen atoms in total. The van der Waals surface area contributed by atoms with Crippen LogP contribution in [0.2, 0.25) is 0 Å². The van der Waals surface area contributed by atoms with Crippen molar-refractivity contribution < 1.29 is 19.5 Å². The molecule has 4 aliphatic rings. The first-order valence-electron chi connectivity index (χ1n) is 10.9. The van der Waals surface area contributed by atoms with Crippen molar-refractivity contribution in [2.24, 2.45) is 0 Å². The number of benzene rings is 1. The highest BCUT2D eigenvalue weighted by Gasteiger charge is 2.58. The van der Waals surface area contributed by atoms with Crippen LogP contribution in [0.4, 0.5) is 0 Å². The molecule has 0 radical (unpaired) electrons. The van der Waals surface area contributed by atoms with E-state index in [1.54, 1.807) is 4.90 Å². The van der Waals surface area contributed by atoms with Crippen LogP contribution in [0.5, 0.6) is 0 Å². The zero-order valence-corrected chi connectivity index (χ0v) is 17.0. The summed E-state index contributed by atoms with van der Waals surface area (Å²) in [4.78, 5) is 38.2. The van der Waals surface area contributed by atoms with Gasteiger partial charge in [-0.25, -0.2) is 0 Å². The van der Waals surface area contributed by atoms with Crippen LogP contribution < -0.4 is 16.0 Å². The summed E-state index contributed by atoms with van der Waals surface area (Å²) in [6, 6.07) is 5.28. The van der Waals surface area contributed by atoms with Crippen LogP contribution >= 0.6 is 0 Å². The summed E-state index contributed by atoms with van der Waals surface area (Å²) in [6.45, 7) is 2.66. The molecule has 3 fully saturated rings. The Morgan fingerprint density at radius 3 is 2.60 bits per heavy atom. The monoisotopic (exact) mass is 412 g/mol. The molecule has 3 heterocycles. The highest BCUT2D eigenvalue weighted by atomic mass is 16.3. The topological polar surface area (TPSA) is 111 Å². The van der Waals surface area contributed by atoms with Gasteiger partial charge in [0.25, 0.3) is 5.91 Å². The molecule has 160 valence electrons. The molecule has 30 heavy (non-hydrogen) atoms. The van der Waals surface area contributed by atoms with E-state index in [2.05, 4.69) is 16.0 Å². The third-order valence-corrected chi connectivity index (χ3v) is 7.29. The molecule has 1 aromatic rings. The molecule has 0 bridgehead atoms. The summed E-state index contributed by atoms with van der Waals surface area (Å²) < 4.78 is 0. The van der Waals surface area contributed by atoms with Crippen molar-refractivity contribution in [3.8, 4) is 0 Å². The number of hydrogen-bond donors (Lipinski definition) is 4. The molecule has 1 aliphatic carbocycles. The number of carbonyl (C=O) groups excluding carboxylic acids is 3. The van der Waals surface area contributed by atoms with Crippen molar-refractivity contribution in [3.63, 3.8) is 0 Å². The average molecular weight is 412 g/mol. The van der Waals surface area contributed by atoms with Gasteiger partial charge in [0.05, 0.1) is 5.60 Å². The lowest BCUT2D eigenvalue weighted by molar-refractivity contribution is -0.136. The van der Waals surface area contributed by atoms with Gasteiger partial charge in [-0.3, -0.25) is 19.7 Å². The molecule has 4 N–H and O–H groups in total. The standard InChI is InChI=1S/C22H28N4O4/c27-18-4-3-17(19(28)25-18)26-13-15-2-1-14(11-16(15)20(26)29)12-24-21(5-6-21)22(30)7-9-23-10-8-22/h1-2,11,17,23-24,30H,3-10,12-13H2,(H,25,27,28). The molecule has 0 aromatic heterocycles. The van der Waals surface area contributed by atoms with E-state index < -0.39 is 11.6 Å². The van der Waals surface area contributed by atoms with Gasteiger partial charge in [0.1, 0.15) is 6.04 Å². The van der Waals surface area contributed by atoms with Gasteiger partial charge in [-0.1, -0.05) is 12.1 Å². The second-order valence-electron chi connectivity index (χ2n) is 9.11. The molecule has 0 spiro atoms. The highest BCUT2D eigenvalue weighted by molar-refractivity contribution is 6.05. The Bertz CT molecular complexity index is 904. The van der Waals surface area contributed by atoms with Crippen molar-refractivity contribution in [1.82, 2.24) is 20.9 Å². The lowest BCUT2D eigenvalue weighted by Crippen LogP contribution is -2.57. The maximum Gasteiger partial charge on any atom is 0.255 e. The number of nitrogens with one attached hydrogen (secondary N) is 3. The zero-order chi connectivity index (χ0) is 20.9. The lowest BCUT2D eigenvalue weighted by atomic mass is 9.82. The molecular formula is C22H28N4O4. The van der Waals surface area contributed by atoms with Crippen molar-refractivity contribution in [1.29, 1.82) is 0 Å². The number of aliphatic hydroxyl groups is 1. The van der Waals surface area contributed by atoms with Crippen LogP contribution in [0.25, 0.3) is 0 Å². The summed E-state index contributed by atoms with van der Waals surface area (Å²) in [5.74, 6) is -0.821. The van der Waals surface area contributed by atoms with Gasteiger partial charge in [-0.15, -0.1) is 0 Å². The van der Waals surface area contributed by atoms with E-state index in [-0.39, 0.29) is 29.7 Å². The molecule has 1 saturated carbocycles. The zero-order valence-electron chi connectivity index (χ0n) is 17.0. The molecule has 2 saturated heterocycles. The van der Waals surface area contributed by atoms with Gasteiger partial charge in [-0.2, -0.15) is 0 Å². The number of hydrogen-bond acceptors (Lipinski definition) is 6. The first-order valence-corrected chi connectivity index (χ1v) is 10.9. The van der Waals surface area contributed by atoms with Crippen molar-refractivity contribution in [3.05, 3.63) is 34.9 Å². The number of imide groups is 1. The first kappa shape index (κ1) is 19.7. The van der Waals surface area contributed by atoms with Crippen LogP contribution in [0.15, 0.2) is 18.2 Å². The van der Waals surface area contributed by atoms with Crippen LogP contribution in [-0.2, 0) is 22.7 Å². The van der Waals surface area contributed by atoms with E-state index in [9.17, 15) is 19.5 Å². The molecule has 5 rings (SSSR count). The largest absolute Gasteiger partial charge is 0.388 e. The minimum atomic E-state index is -0.673. The van der Waals surface area contributed by atoms with Gasteiger partial charge in [0.2, 0.25) is 11.8 Å². The van der Waals surface area contributed by atoms with Crippen LogP contribution in [0, 0.1) is 0 Å². The van der Waals surface area contributed by atoms with E-state index in [0.29, 0.717) is 25.1 Å². The summed E-state index contributed by atoms with van der Waals surface area (Å²) in [5, 5.41) is 20.4. The molecule has 1 unspecified atom stereocenters. The Balaban J connectivity index is 1.27. The van der Waals surface area contributed by atoms with Crippen molar-refractivity contribution >= 4 is 17.7 Å². The normalized spacial score (nSPS) is 27.0. The van der Waals surface area contributed by atoms with Gasteiger partial charge in [0, 0.05) is 30.6 Å². The summed E-state index contributed by atoms with van der Waals surface area (Å²) >= 11 is 0. The Morgan fingerprint density at radius 1 is 1.13 bits per heavy atom. The second-order valence-corrected chi connectivity index (χ2v) is 9.11. The average Bonchev–Trinajstić information content (AvgIpc) is 3.47. The number of carbonyl (C=O) groups is 3. The molecule has 1 aromatic carbocycles. The fourth-order valence-corrected chi connectivity index (χ4v) is 5.23. The van der Waals surface area contributed by atoms with E-state index in [1.807, 2.05) is 18.2 Å². The van der Waals surface area contributed by atoms with E-state index in [1.165, 1.54) is 0 Å². The predicted octanol–water partition coefficient (Wildman–Crippen LogP) is 0.184. The fraction of sp³-hybridized carbons (Fsp3) is 0.591. The highest BCUT2D eigenvalue weighted by Crippen LogP contribution is 2.49. The Morgan fingerprint density at radius 2 is 1.90 bits per heavy atom. The number of piperidine rings is 2. The van der Waals surface area contributed by atoms with Gasteiger partial charge in [-0.05, 0) is 62.4 Å². The Kier molecular flexibility index (Phi) is 4.68. The van der Waals surface area contributed by atoms with Gasteiger partial charge in [0.15, 0.2) is 0 Å². The van der Waals surface area contributed by atoms with Crippen LogP contribution in [0.3, 0.4) is 0 Å². The van der Waals surface area contributed by atoms with Gasteiger partial charge < -0.3 is 20.6 Å². The third kappa shape index (κ3) is 3.23. The number of fused-ring (bicyclic) bond motifs is 1. The maximum absolute atomic E-state index is 13.0. The minimum Gasteiger partial charge on any atom is -0.388 e. The van der Waals surface area contributed by atoms with Crippen molar-refractivity contribution in [2.45, 2.75) is 68.8 Å². The lowest BCUT2D eigenvalue weighted by Gasteiger charge is -2.40. The third-order valence-electron chi connectivity index (χ3n) is 7.29. The first-order chi connectivity index (χ1) is 14.4. The van der Waals surface area contributed by atoms with E-state index in [0.717, 1.165) is 49.9 Å². The SMILES string of the molecule is O=C1CCC(N2Cc3ccc(CNC4(C5(O)CCNCC5)CC4)cc3C2=O)C(=O)N1. The minimum absolute atomic E-state index is 0.153. The fourth-order valence-electron chi connectivity index (χ4n) is 5.23. The van der Waals surface area contributed by atoms with Crippen LogP contribution in [0.1, 0.15) is 60.0 Å². The molecule has 8 heteroatoms. The molecule has 3 aliphatic heterocycles. The number of nitrogens with zero attached hydrogens (tertiary/aromatic N) is 1. The Labute approximate surface area is 175 Å². The number of amides is 3. The van der Waals surface area contributed by atoms with Crippen molar-refractivity contribution in [2.75, 3.05) is 13.1 Å². The summed E-state index contributed by atoms with van der Waals surface area (Å²) in [6.07, 6.45) is 4.07. The second kappa shape index (κ2) is 7.14. The van der Waals surface area contributed by atoms with Crippen LogP contribution in [-0.4, -0.2) is 58.0 Å². The Hall–Kier alpha value is -2.29. The van der Waals surface area contributed by atoms with E-state index >= 15 is 0 Å². The number of rotatable bonds is 5. The predicted molar refractivity (Wildman–Crippen MR) is 108 cm³/mol. The maximum atomic E-state index is 13.0. The quantitative estimate of drug-likeness (QED) is 0.514. The molecule has 1 atom stereocenters. The summed E-state index contributed by atoms with van der Waals surface area (Å²) in [7, 11) is 0. The molecular weight excluding hydrogens is 384 g/mol. The van der Waals surface area contributed by atoms with Gasteiger partial charge >= 0.3 is 0 Å². The molecule has 3 amide bonds. The summed E-state index contributed by atoms with van der Waals surface area (Å²) in [5.41, 5.74) is 1.64.